The number of methoxy groups -OCH3 is 1. The Labute approximate surface area is 164 Å². The number of amides is 1. The minimum atomic E-state index is -3.89. The van der Waals surface area contributed by atoms with Crippen molar-refractivity contribution in [2.24, 2.45) is 0 Å². The molecule has 1 fully saturated rings. The summed E-state index contributed by atoms with van der Waals surface area (Å²) in [5.41, 5.74) is 1.26. The molecule has 0 spiro atoms. The molecular formula is C19H21ClN2O4S. The number of nitrogens with zero attached hydrogens (tertiary/aromatic N) is 1. The summed E-state index contributed by atoms with van der Waals surface area (Å²) < 4.78 is 33.5. The van der Waals surface area contributed by atoms with Gasteiger partial charge in [0.05, 0.1) is 23.3 Å². The van der Waals surface area contributed by atoms with Crippen LogP contribution in [0.4, 0.5) is 5.69 Å². The predicted molar refractivity (Wildman–Crippen MR) is 105 cm³/mol. The van der Waals surface area contributed by atoms with Gasteiger partial charge < -0.3 is 9.64 Å². The molecular weight excluding hydrogens is 388 g/mol. The van der Waals surface area contributed by atoms with E-state index in [-0.39, 0.29) is 16.4 Å². The molecule has 3 rings (SSSR count). The Hall–Kier alpha value is -2.25. The van der Waals surface area contributed by atoms with E-state index >= 15 is 0 Å². The maximum absolute atomic E-state index is 12.8. The van der Waals surface area contributed by atoms with Gasteiger partial charge in [0.15, 0.2) is 0 Å². The lowest BCUT2D eigenvalue weighted by atomic mass is 10.1. The first kappa shape index (κ1) is 19.5. The smallest absolute Gasteiger partial charge is 0.261 e. The van der Waals surface area contributed by atoms with Gasteiger partial charge in [-0.15, -0.1) is 0 Å². The number of nitrogens with one attached hydrogen (secondary N) is 1. The zero-order chi connectivity index (χ0) is 19.6. The number of carbonyl (C=O) groups is 1. The van der Waals surface area contributed by atoms with E-state index in [0.717, 1.165) is 12.8 Å². The van der Waals surface area contributed by atoms with Crippen LogP contribution in [0.25, 0.3) is 0 Å². The Balaban J connectivity index is 1.97. The molecule has 0 atom stereocenters. The first-order valence-electron chi connectivity index (χ1n) is 8.59. The number of sulfonamides is 1. The molecule has 0 bridgehead atoms. The van der Waals surface area contributed by atoms with Gasteiger partial charge in [-0.1, -0.05) is 17.7 Å². The van der Waals surface area contributed by atoms with Crippen molar-refractivity contribution in [3.05, 3.63) is 52.5 Å². The number of hydrogen-bond acceptors (Lipinski definition) is 4. The molecule has 1 aliphatic rings. The number of rotatable bonds is 5. The summed E-state index contributed by atoms with van der Waals surface area (Å²) in [4.78, 5) is 14.5. The lowest BCUT2D eigenvalue weighted by Gasteiger charge is -2.18. The summed E-state index contributed by atoms with van der Waals surface area (Å²) >= 11 is 6.07. The van der Waals surface area contributed by atoms with Gasteiger partial charge in [-0.25, -0.2) is 8.42 Å². The van der Waals surface area contributed by atoms with Gasteiger partial charge in [0.2, 0.25) is 0 Å². The summed E-state index contributed by atoms with van der Waals surface area (Å²) in [6.45, 7) is 3.06. The number of halogens is 1. The minimum absolute atomic E-state index is 0.00905. The molecule has 0 aromatic heterocycles. The molecule has 27 heavy (non-hydrogen) atoms. The highest BCUT2D eigenvalue weighted by Gasteiger charge is 2.25. The van der Waals surface area contributed by atoms with Crippen LogP contribution in [0.5, 0.6) is 5.75 Å². The summed E-state index contributed by atoms with van der Waals surface area (Å²) in [7, 11) is -2.44. The molecule has 2 aromatic rings. The zero-order valence-corrected chi connectivity index (χ0v) is 16.7. The molecule has 1 saturated heterocycles. The summed E-state index contributed by atoms with van der Waals surface area (Å²) in [5.74, 6) is 0.130. The molecule has 0 radical (unpaired) electrons. The van der Waals surface area contributed by atoms with Crippen molar-refractivity contribution in [1.82, 2.24) is 4.90 Å². The van der Waals surface area contributed by atoms with E-state index in [1.807, 2.05) is 0 Å². The summed E-state index contributed by atoms with van der Waals surface area (Å²) in [6, 6.07) is 9.28. The molecule has 1 heterocycles. The molecule has 2 aromatic carbocycles. The van der Waals surface area contributed by atoms with Crippen molar-refractivity contribution in [1.29, 1.82) is 0 Å². The number of ether oxygens (including phenoxy) is 1. The molecule has 0 saturated carbocycles. The van der Waals surface area contributed by atoms with E-state index in [0.29, 0.717) is 35.1 Å². The Morgan fingerprint density at radius 2 is 1.89 bits per heavy atom. The topological polar surface area (TPSA) is 75.7 Å². The van der Waals surface area contributed by atoms with Crippen LogP contribution in [0.3, 0.4) is 0 Å². The van der Waals surface area contributed by atoms with Crippen LogP contribution >= 0.6 is 11.6 Å². The van der Waals surface area contributed by atoms with Crippen molar-refractivity contribution in [2.45, 2.75) is 24.7 Å². The second kappa shape index (κ2) is 7.78. The SMILES string of the molecule is COc1ccc(S(=O)(=O)Nc2cccc(Cl)c2C)cc1C(=O)N1CCCC1. The van der Waals surface area contributed by atoms with Crippen molar-refractivity contribution in [2.75, 3.05) is 24.9 Å². The summed E-state index contributed by atoms with van der Waals surface area (Å²) in [5, 5.41) is 0.467. The Bertz CT molecular complexity index is 970. The number of anilines is 1. The number of hydrogen-bond donors (Lipinski definition) is 1. The average molecular weight is 409 g/mol. The number of benzene rings is 2. The normalized spacial score (nSPS) is 14.3. The van der Waals surface area contributed by atoms with E-state index in [1.165, 1.54) is 25.3 Å². The van der Waals surface area contributed by atoms with Crippen LogP contribution in [0.1, 0.15) is 28.8 Å². The molecule has 1 amide bonds. The minimum Gasteiger partial charge on any atom is -0.496 e. The first-order chi connectivity index (χ1) is 12.8. The highest BCUT2D eigenvalue weighted by molar-refractivity contribution is 7.92. The van der Waals surface area contributed by atoms with Gasteiger partial charge in [-0.2, -0.15) is 0 Å². The molecule has 1 aliphatic heterocycles. The molecule has 1 N–H and O–H groups in total. The third-order valence-electron chi connectivity index (χ3n) is 4.62. The molecule has 0 unspecified atom stereocenters. The van der Waals surface area contributed by atoms with Gasteiger partial charge in [0, 0.05) is 18.1 Å². The maximum Gasteiger partial charge on any atom is 0.261 e. The number of likely N-dealkylation sites (tertiary alicyclic amines) is 1. The quantitative estimate of drug-likeness (QED) is 0.818. The van der Waals surface area contributed by atoms with Crippen LogP contribution in [0, 0.1) is 6.92 Å². The van der Waals surface area contributed by atoms with Gasteiger partial charge >= 0.3 is 0 Å². The monoisotopic (exact) mass is 408 g/mol. The van der Waals surface area contributed by atoms with Gasteiger partial charge in [0.25, 0.3) is 15.9 Å². The van der Waals surface area contributed by atoms with Crippen molar-refractivity contribution < 1.29 is 17.9 Å². The summed E-state index contributed by atoms with van der Waals surface area (Å²) in [6.07, 6.45) is 1.89. The lowest BCUT2D eigenvalue weighted by molar-refractivity contribution is 0.0789. The van der Waals surface area contributed by atoms with E-state index in [4.69, 9.17) is 16.3 Å². The molecule has 8 heteroatoms. The molecule has 0 aliphatic carbocycles. The van der Waals surface area contributed by atoms with Crippen molar-refractivity contribution in [3.8, 4) is 5.75 Å². The highest BCUT2D eigenvalue weighted by atomic mass is 35.5. The second-order valence-electron chi connectivity index (χ2n) is 6.38. The van der Waals surface area contributed by atoms with Crippen LogP contribution in [0.2, 0.25) is 5.02 Å². The largest absolute Gasteiger partial charge is 0.496 e. The van der Waals surface area contributed by atoms with Crippen molar-refractivity contribution in [3.63, 3.8) is 0 Å². The van der Waals surface area contributed by atoms with E-state index in [2.05, 4.69) is 4.72 Å². The van der Waals surface area contributed by atoms with E-state index in [9.17, 15) is 13.2 Å². The zero-order valence-electron chi connectivity index (χ0n) is 15.2. The highest BCUT2D eigenvalue weighted by Crippen LogP contribution is 2.28. The standard InChI is InChI=1S/C19H21ClN2O4S/c1-13-16(20)6-5-7-17(13)21-27(24,25)14-8-9-18(26-2)15(12-14)19(23)22-10-3-4-11-22/h5-9,12,21H,3-4,10-11H2,1-2H3. The fraction of sp³-hybridized carbons (Fsp3) is 0.316. The third kappa shape index (κ3) is 4.04. The van der Waals surface area contributed by atoms with Gasteiger partial charge in [-0.3, -0.25) is 9.52 Å². The molecule has 6 nitrogen and oxygen atoms in total. The molecule has 144 valence electrons. The fourth-order valence-electron chi connectivity index (χ4n) is 3.03. The first-order valence-corrected chi connectivity index (χ1v) is 10.4. The average Bonchev–Trinajstić information content (AvgIpc) is 3.19. The van der Waals surface area contributed by atoms with Crippen LogP contribution in [0.15, 0.2) is 41.3 Å². The number of carbonyl (C=O) groups excluding carboxylic acids is 1. The maximum atomic E-state index is 12.8. The Kier molecular flexibility index (Phi) is 5.62. The lowest BCUT2D eigenvalue weighted by Crippen LogP contribution is -2.28. The van der Waals surface area contributed by atoms with E-state index in [1.54, 1.807) is 30.0 Å². The van der Waals surface area contributed by atoms with Crippen LogP contribution < -0.4 is 9.46 Å². The Morgan fingerprint density at radius 1 is 1.19 bits per heavy atom. The van der Waals surface area contributed by atoms with Gasteiger partial charge in [0.1, 0.15) is 5.75 Å². The Morgan fingerprint density at radius 3 is 2.56 bits per heavy atom. The predicted octanol–water partition coefficient (Wildman–Crippen LogP) is 3.69. The third-order valence-corrected chi connectivity index (χ3v) is 6.39. The fourth-order valence-corrected chi connectivity index (χ4v) is 4.36. The second-order valence-corrected chi connectivity index (χ2v) is 8.47. The van der Waals surface area contributed by atoms with Gasteiger partial charge in [-0.05, 0) is 55.7 Å². The van der Waals surface area contributed by atoms with Crippen LogP contribution in [-0.4, -0.2) is 39.4 Å². The van der Waals surface area contributed by atoms with Crippen LogP contribution in [-0.2, 0) is 10.0 Å². The van der Waals surface area contributed by atoms with Crippen molar-refractivity contribution >= 4 is 33.2 Å². The van der Waals surface area contributed by atoms with E-state index < -0.39 is 10.0 Å².